The quantitative estimate of drug-likeness (QED) is 0.393. The van der Waals surface area contributed by atoms with E-state index in [0.29, 0.717) is 12.8 Å². The van der Waals surface area contributed by atoms with Crippen molar-refractivity contribution in [2.75, 3.05) is 25.9 Å². The minimum absolute atomic E-state index is 0.0215. The van der Waals surface area contributed by atoms with Crippen LogP contribution in [0.5, 0.6) is 5.88 Å². The van der Waals surface area contributed by atoms with E-state index < -0.39 is 47.3 Å². The van der Waals surface area contributed by atoms with Crippen molar-refractivity contribution in [3.05, 3.63) is 35.8 Å². The smallest absolute Gasteiger partial charge is 0.418 e. The molecule has 2 aliphatic rings. The normalized spacial score (nSPS) is 23.8. The van der Waals surface area contributed by atoms with E-state index in [1.165, 1.54) is 19.4 Å². The molecule has 3 aromatic rings. The maximum atomic E-state index is 15.0. The Morgan fingerprint density at radius 1 is 1.21 bits per heavy atom. The topological polar surface area (TPSA) is 148 Å². The van der Waals surface area contributed by atoms with Gasteiger partial charge in [-0.3, -0.25) is 14.5 Å². The minimum atomic E-state index is -4.76. The van der Waals surface area contributed by atoms with Gasteiger partial charge in [-0.15, -0.1) is 0 Å². The number of aromatic nitrogens is 4. The van der Waals surface area contributed by atoms with Gasteiger partial charge in [0.15, 0.2) is 5.82 Å². The molecular formula is C24H25F4N7O4. The lowest BCUT2D eigenvalue weighted by Crippen LogP contribution is -2.43. The van der Waals surface area contributed by atoms with Gasteiger partial charge < -0.3 is 20.9 Å². The van der Waals surface area contributed by atoms with E-state index in [9.17, 15) is 32.3 Å². The standard InChI is InChI=1S/C24H25F4N7O4/c1-39-22-13(21(36)33-16-9-34(8-15(16)25)17-4-2-3-12(17)23(37)38)5-11(7-30-22)18-6-14(24(26,27)28)19-20(29)31-10-32-35(18)19/h5-7,10,12,15-17H,2-4,8-9H2,1H3,(H,33,36)(H,37,38)(H2,29,31,32)/t12?,15-,16+,17?/m0/s1. The van der Waals surface area contributed by atoms with Crippen LogP contribution in [0.2, 0.25) is 0 Å². The maximum absolute atomic E-state index is 15.0. The fraction of sp³-hybridized carbons (Fsp3) is 0.458. The van der Waals surface area contributed by atoms with Crippen molar-refractivity contribution in [3.8, 4) is 17.1 Å². The van der Waals surface area contributed by atoms with Crippen LogP contribution in [0.15, 0.2) is 24.7 Å². The first-order chi connectivity index (χ1) is 18.5. The zero-order valence-electron chi connectivity index (χ0n) is 20.7. The molecule has 4 heterocycles. The molecule has 0 bridgehead atoms. The van der Waals surface area contributed by atoms with E-state index in [4.69, 9.17) is 10.5 Å². The number of methoxy groups -OCH3 is 1. The molecule has 2 fully saturated rings. The molecule has 0 radical (unpaired) electrons. The number of hydrogen-bond acceptors (Lipinski definition) is 8. The van der Waals surface area contributed by atoms with Gasteiger partial charge >= 0.3 is 12.1 Å². The summed E-state index contributed by atoms with van der Waals surface area (Å²) in [6.07, 6.45) is -2.12. The number of pyridine rings is 1. The summed E-state index contributed by atoms with van der Waals surface area (Å²) in [4.78, 5) is 34.3. The number of halogens is 4. The number of carboxylic acid groups (broad SMARTS) is 1. The van der Waals surface area contributed by atoms with Gasteiger partial charge in [-0.1, -0.05) is 6.42 Å². The van der Waals surface area contributed by atoms with Crippen LogP contribution >= 0.6 is 0 Å². The molecule has 208 valence electrons. The average molecular weight is 552 g/mol. The van der Waals surface area contributed by atoms with Crippen LogP contribution in [0, 0.1) is 5.92 Å². The third-order valence-electron chi connectivity index (χ3n) is 7.33. The lowest BCUT2D eigenvalue weighted by atomic mass is 10.0. The number of hydrogen-bond donors (Lipinski definition) is 3. The van der Waals surface area contributed by atoms with E-state index in [1.54, 1.807) is 4.90 Å². The van der Waals surface area contributed by atoms with Gasteiger partial charge in [0.2, 0.25) is 5.88 Å². The Morgan fingerprint density at radius 3 is 2.67 bits per heavy atom. The fourth-order valence-electron chi connectivity index (χ4n) is 5.52. The number of nitrogens with zero attached hydrogens (tertiary/aromatic N) is 5. The Labute approximate surface area is 219 Å². The first-order valence-electron chi connectivity index (χ1n) is 12.1. The zero-order chi connectivity index (χ0) is 28.1. The van der Waals surface area contributed by atoms with Crippen molar-refractivity contribution in [2.24, 2.45) is 5.92 Å². The number of rotatable bonds is 6. The maximum Gasteiger partial charge on any atom is 0.418 e. The van der Waals surface area contributed by atoms with Gasteiger partial charge in [-0.25, -0.2) is 18.9 Å². The van der Waals surface area contributed by atoms with Crippen LogP contribution < -0.4 is 15.8 Å². The molecule has 11 nitrogen and oxygen atoms in total. The zero-order valence-corrected chi connectivity index (χ0v) is 20.7. The molecule has 1 saturated heterocycles. The van der Waals surface area contributed by atoms with Crippen LogP contribution in [0.3, 0.4) is 0 Å². The molecular weight excluding hydrogens is 526 g/mol. The summed E-state index contributed by atoms with van der Waals surface area (Å²) in [6, 6.07) is 0.860. The second-order valence-electron chi connectivity index (χ2n) is 9.62. The third kappa shape index (κ3) is 4.82. The molecule has 5 rings (SSSR count). The summed E-state index contributed by atoms with van der Waals surface area (Å²) in [6.45, 7) is 0.0948. The van der Waals surface area contributed by atoms with Crippen molar-refractivity contribution >= 4 is 23.2 Å². The summed E-state index contributed by atoms with van der Waals surface area (Å²) in [7, 11) is 1.27. The second-order valence-corrected chi connectivity index (χ2v) is 9.62. The molecule has 0 aromatic carbocycles. The number of nitrogens with one attached hydrogen (secondary N) is 1. The molecule has 1 aliphatic heterocycles. The summed E-state index contributed by atoms with van der Waals surface area (Å²) < 4.78 is 62.3. The van der Waals surface area contributed by atoms with Gasteiger partial charge in [-0.2, -0.15) is 18.3 Å². The molecule has 4 N–H and O–H groups in total. The fourth-order valence-corrected chi connectivity index (χ4v) is 5.52. The Balaban J connectivity index is 1.44. The minimum Gasteiger partial charge on any atom is -0.481 e. The highest BCUT2D eigenvalue weighted by Gasteiger charge is 2.44. The van der Waals surface area contributed by atoms with E-state index in [1.807, 2.05) is 0 Å². The molecule has 1 saturated carbocycles. The predicted molar refractivity (Wildman–Crippen MR) is 129 cm³/mol. The summed E-state index contributed by atoms with van der Waals surface area (Å²) >= 11 is 0. The number of anilines is 1. The number of fused-ring (bicyclic) bond motifs is 1. The van der Waals surface area contributed by atoms with Crippen molar-refractivity contribution in [1.82, 2.24) is 29.8 Å². The summed E-state index contributed by atoms with van der Waals surface area (Å²) in [5.41, 5.74) is 4.13. The van der Waals surface area contributed by atoms with Crippen molar-refractivity contribution in [3.63, 3.8) is 0 Å². The highest BCUT2D eigenvalue weighted by molar-refractivity contribution is 5.98. The van der Waals surface area contributed by atoms with E-state index in [2.05, 4.69) is 20.4 Å². The first kappa shape index (κ1) is 26.6. The SMILES string of the molecule is COc1ncc(-c2cc(C(F)(F)F)c3c(N)ncnn23)cc1C(=O)N[C@@H]1CN(C2CCCC2C(=O)O)C[C@@H]1F. The van der Waals surface area contributed by atoms with Crippen LogP contribution in [0.1, 0.15) is 35.2 Å². The van der Waals surface area contributed by atoms with Crippen molar-refractivity contribution in [2.45, 2.75) is 43.7 Å². The van der Waals surface area contributed by atoms with Gasteiger partial charge in [0, 0.05) is 30.9 Å². The number of aliphatic carboxylic acids is 1. The number of ether oxygens (including phenoxy) is 1. The lowest BCUT2D eigenvalue weighted by molar-refractivity contribution is -0.143. The number of carbonyl (C=O) groups is 2. The number of nitrogen functional groups attached to an aromatic ring is 1. The number of carboxylic acids is 1. The van der Waals surface area contributed by atoms with Crippen molar-refractivity contribution in [1.29, 1.82) is 0 Å². The Hall–Kier alpha value is -4.01. The van der Waals surface area contributed by atoms with E-state index in [0.717, 1.165) is 23.3 Å². The second kappa shape index (κ2) is 9.94. The Morgan fingerprint density at radius 2 is 1.97 bits per heavy atom. The Bertz CT molecular complexity index is 1430. The third-order valence-corrected chi connectivity index (χ3v) is 7.33. The first-order valence-corrected chi connectivity index (χ1v) is 12.1. The highest BCUT2D eigenvalue weighted by atomic mass is 19.4. The molecule has 39 heavy (non-hydrogen) atoms. The molecule has 1 amide bonds. The van der Waals surface area contributed by atoms with Crippen LogP contribution in [-0.4, -0.2) is 79.9 Å². The van der Waals surface area contributed by atoms with Crippen LogP contribution in [0.25, 0.3) is 16.8 Å². The average Bonchev–Trinajstić information content (AvgIpc) is 3.61. The molecule has 4 atom stereocenters. The number of amides is 1. The number of carbonyl (C=O) groups excluding carboxylic acids is 1. The monoisotopic (exact) mass is 551 g/mol. The van der Waals surface area contributed by atoms with E-state index >= 15 is 0 Å². The van der Waals surface area contributed by atoms with Crippen LogP contribution in [-0.2, 0) is 11.0 Å². The Kier molecular flexibility index (Phi) is 6.78. The molecule has 15 heteroatoms. The molecule has 0 spiro atoms. The molecule has 3 aromatic heterocycles. The largest absolute Gasteiger partial charge is 0.481 e. The lowest BCUT2D eigenvalue weighted by Gasteiger charge is -2.27. The predicted octanol–water partition coefficient (Wildman–Crippen LogP) is 2.41. The number of alkyl halides is 4. The summed E-state index contributed by atoms with van der Waals surface area (Å²) in [5, 5.41) is 16.0. The van der Waals surface area contributed by atoms with E-state index in [-0.39, 0.29) is 47.7 Å². The van der Waals surface area contributed by atoms with Gasteiger partial charge in [0.1, 0.15) is 23.6 Å². The van der Waals surface area contributed by atoms with Crippen LogP contribution in [0.4, 0.5) is 23.4 Å². The number of likely N-dealkylation sites (tertiary alicyclic amines) is 1. The summed E-state index contributed by atoms with van der Waals surface area (Å²) in [5.74, 6) is -2.76. The highest BCUT2D eigenvalue weighted by Crippen LogP contribution is 2.39. The molecule has 1 aliphatic carbocycles. The van der Waals surface area contributed by atoms with Gasteiger partial charge in [0.05, 0.1) is 30.3 Å². The van der Waals surface area contributed by atoms with Gasteiger partial charge in [0.25, 0.3) is 5.91 Å². The van der Waals surface area contributed by atoms with Crippen molar-refractivity contribution < 1.29 is 37.0 Å². The van der Waals surface area contributed by atoms with Gasteiger partial charge in [-0.05, 0) is 25.0 Å². The molecule has 2 unspecified atom stereocenters. The number of nitrogens with two attached hydrogens (primary N) is 1.